The number of hydrogen-bond acceptors (Lipinski definition) is 5. The average Bonchev–Trinajstić information content (AvgIpc) is 3.81. The maximum atomic E-state index is 5.20. The fourth-order valence-electron chi connectivity index (χ4n) is 9.66. The van der Waals surface area contributed by atoms with Gasteiger partial charge in [0, 0.05) is 49.7 Å². The van der Waals surface area contributed by atoms with Gasteiger partial charge in [-0.25, -0.2) is 24.9 Å². The van der Waals surface area contributed by atoms with Gasteiger partial charge in [0.15, 0.2) is 23.3 Å². The van der Waals surface area contributed by atoms with Gasteiger partial charge in [0.1, 0.15) is 0 Å². The van der Waals surface area contributed by atoms with Crippen molar-refractivity contribution >= 4 is 27.4 Å². The van der Waals surface area contributed by atoms with Crippen molar-refractivity contribution in [2.45, 2.75) is 32.1 Å². The van der Waals surface area contributed by atoms with Crippen molar-refractivity contribution < 1.29 is 0 Å². The Balaban J connectivity index is 1.08. The molecular weight excluding hydrogens is 781 g/mol. The molecule has 0 fully saturated rings. The zero-order valence-corrected chi connectivity index (χ0v) is 35.6. The first-order valence-corrected chi connectivity index (χ1v) is 22.0. The topological polar surface area (TPSA) is 69.4 Å². The lowest BCUT2D eigenvalue weighted by molar-refractivity contribution is 0.661. The van der Waals surface area contributed by atoms with Crippen molar-refractivity contribution in [2.24, 2.45) is 0 Å². The Kier molecular flexibility index (Phi) is 8.87. The van der Waals surface area contributed by atoms with Crippen LogP contribution in [0.5, 0.6) is 0 Å². The van der Waals surface area contributed by atoms with E-state index in [1.54, 1.807) is 0 Å². The SMILES string of the molecule is CC1(C)c2ccccc2-c2cc3c4cc(-c5nc(C6=CC=CCC6)nc(-c6ccccc6)n5)ccc4n(-c4cccc(-c5cc(-c6ccccc6)nc(-c6ccccc6)n5)c4)c3cc21. The van der Waals surface area contributed by atoms with E-state index in [-0.39, 0.29) is 5.41 Å². The van der Waals surface area contributed by atoms with E-state index in [0.717, 1.165) is 85.6 Å². The summed E-state index contributed by atoms with van der Waals surface area (Å²) in [5.74, 6) is 2.74. The molecule has 0 bridgehead atoms. The van der Waals surface area contributed by atoms with Gasteiger partial charge in [0.25, 0.3) is 0 Å². The molecule has 0 atom stereocenters. The summed E-state index contributed by atoms with van der Waals surface area (Å²) in [7, 11) is 0. The van der Waals surface area contributed by atoms with Gasteiger partial charge >= 0.3 is 0 Å². The van der Waals surface area contributed by atoms with E-state index in [4.69, 9.17) is 24.9 Å². The van der Waals surface area contributed by atoms with Crippen molar-refractivity contribution in [3.8, 4) is 73.5 Å². The highest BCUT2D eigenvalue weighted by Crippen LogP contribution is 2.51. The summed E-state index contributed by atoms with van der Waals surface area (Å²) in [6.07, 6.45) is 8.28. The van der Waals surface area contributed by atoms with Gasteiger partial charge in [-0.05, 0) is 89.2 Å². The minimum atomic E-state index is -0.171. The average molecular weight is 823 g/mol. The molecule has 10 aromatic rings. The van der Waals surface area contributed by atoms with Crippen LogP contribution in [-0.2, 0) is 5.41 Å². The van der Waals surface area contributed by atoms with E-state index in [0.29, 0.717) is 17.5 Å². The van der Waals surface area contributed by atoms with Crippen molar-refractivity contribution in [3.05, 3.63) is 211 Å². The molecule has 2 aliphatic carbocycles. The third kappa shape index (κ3) is 6.37. The van der Waals surface area contributed by atoms with Crippen molar-refractivity contribution in [2.75, 3.05) is 0 Å². The lowest BCUT2D eigenvalue weighted by atomic mass is 9.82. The Bertz CT molecular complexity index is 3450. The molecule has 3 heterocycles. The molecule has 6 nitrogen and oxygen atoms in total. The number of aromatic nitrogens is 6. The molecule has 0 radical (unpaired) electrons. The lowest BCUT2D eigenvalue weighted by Crippen LogP contribution is -2.14. The molecule has 0 spiro atoms. The quantitative estimate of drug-likeness (QED) is 0.160. The molecular formula is C58H42N6. The van der Waals surface area contributed by atoms with Crippen molar-refractivity contribution in [1.29, 1.82) is 0 Å². The molecule has 2 aliphatic rings. The normalized spacial score (nSPS) is 13.8. The third-order valence-corrected chi connectivity index (χ3v) is 12.9. The molecule has 64 heavy (non-hydrogen) atoms. The van der Waals surface area contributed by atoms with Crippen molar-refractivity contribution in [1.82, 2.24) is 29.5 Å². The van der Waals surface area contributed by atoms with Gasteiger partial charge in [0.2, 0.25) is 0 Å². The highest BCUT2D eigenvalue weighted by Gasteiger charge is 2.36. The lowest BCUT2D eigenvalue weighted by Gasteiger charge is -2.21. The number of nitrogens with zero attached hydrogens (tertiary/aromatic N) is 6. The van der Waals surface area contributed by atoms with Crippen LogP contribution in [0.15, 0.2) is 194 Å². The molecule has 0 aliphatic heterocycles. The van der Waals surface area contributed by atoms with E-state index >= 15 is 0 Å². The van der Waals surface area contributed by atoms with E-state index < -0.39 is 0 Å². The molecule has 0 amide bonds. The minimum absolute atomic E-state index is 0.171. The summed E-state index contributed by atoms with van der Waals surface area (Å²) >= 11 is 0. The second-order valence-corrected chi connectivity index (χ2v) is 17.2. The zero-order valence-electron chi connectivity index (χ0n) is 35.6. The van der Waals surface area contributed by atoms with Gasteiger partial charge in [0.05, 0.1) is 22.4 Å². The molecule has 0 N–H and O–H groups in total. The molecule has 0 saturated carbocycles. The van der Waals surface area contributed by atoms with Crippen LogP contribution in [0.2, 0.25) is 0 Å². The Morgan fingerprint density at radius 1 is 0.438 bits per heavy atom. The van der Waals surface area contributed by atoms with Gasteiger partial charge in [-0.2, -0.15) is 0 Å². The van der Waals surface area contributed by atoms with Crippen LogP contribution in [0.4, 0.5) is 0 Å². The van der Waals surface area contributed by atoms with E-state index in [9.17, 15) is 0 Å². The standard InChI is InChI=1S/C58H42N6/c1-58(2)48-29-16-15-28-44(48)45-34-47-46-33-42(57-62-55(39-22-11-5-12-23-39)61-56(63-57)40-24-13-6-14-25-40)30-31-52(46)64(53(47)35-49(45)58)43-27-17-26-41(32-43)51-36-50(37-18-7-3-8-19-37)59-54(60-51)38-20-9-4-10-21-38/h3-13,15-24,26-36H,14,25H2,1-2H3. The monoisotopic (exact) mass is 822 g/mol. The Morgan fingerprint density at radius 3 is 1.77 bits per heavy atom. The summed E-state index contributed by atoms with van der Waals surface area (Å²) in [4.78, 5) is 25.6. The van der Waals surface area contributed by atoms with Crippen LogP contribution >= 0.6 is 0 Å². The van der Waals surface area contributed by atoms with Gasteiger partial charge in [-0.1, -0.05) is 159 Å². The maximum Gasteiger partial charge on any atom is 0.164 e. The predicted octanol–water partition coefficient (Wildman–Crippen LogP) is 14.1. The van der Waals surface area contributed by atoms with E-state index in [1.165, 1.54) is 27.6 Å². The fraction of sp³-hybridized carbons (Fsp3) is 0.0862. The smallest absolute Gasteiger partial charge is 0.164 e. The number of hydrogen-bond donors (Lipinski definition) is 0. The maximum absolute atomic E-state index is 5.20. The number of fused-ring (bicyclic) bond motifs is 6. The van der Waals surface area contributed by atoms with Gasteiger partial charge in [-0.15, -0.1) is 0 Å². The number of benzene rings is 7. The molecule has 12 rings (SSSR count). The first-order valence-electron chi connectivity index (χ1n) is 22.0. The Morgan fingerprint density at radius 2 is 1.05 bits per heavy atom. The Hall–Kier alpha value is -8.09. The van der Waals surface area contributed by atoms with E-state index in [2.05, 4.69) is 170 Å². The van der Waals surface area contributed by atoms with Crippen molar-refractivity contribution in [3.63, 3.8) is 0 Å². The second kappa shape index (κ2) is 15.1. The van der Waals surface area contributed by atoms with Crippen LogP contribution in [0, 0.1) is 0 Å². The molecule has 6 heteroatoms. The van der Waals surface area contributed by atoms with E-state index in [1.807, 2.05) is 42.5 Å². The van der Waals surface area contributed by atoms with Crippen LogP contribution in [-0.4, -0.2) is 29.5 Å². The predicted molar refractivity (Wildman–Crippen MR) is 261 cm³/mol. The zero-order chi connectivity index (χ0) is 42.8. The molecule has 0 saturated heterocycles. The molecule has 7 aromatic carbocycles. The molecule has 0 unspecified atom stereocenters. The first kappa shape index (κ1) is 37.7. The number of allylic oxidation sites excluding steroid dienone is 4. The van der Waals surface area contributed by atoms with Crippen LogP contribution in [0.1, 0.15) is 43.6 Å². The van der Waals surface area contributed by atoms with Gasteiger partial charge in [-0.3, -0.25) is 0 Å². The van der Waals surface area contributed by atoms with Crippen LogP contribution in [0.3, 0.4) is 0 Å². The van der Waals surface area contributed by atoms with Gasteiger partial charge < -0.3 is 4.57 Å². The largest absolute Gasteiger partial charge is 0.309 e. The van der Waals surface area contributed by atoms with Crippen LogP contribution in [0.25, 0.3) is 101 Å². The third-order valence-electron chi connectivity index (χ3n) is 12.9. The Labute approximate surface area is 372 Å². The number of rotatable bonds is 7. The van der Waals surface area contributed by atoms with Crippen LogP contribution < -0.4 is 0 Å². The summed E-state index contributed by atoms with van der Waals surface area (Å²) in [5.41, 5.74) is 16.1. The summed E-state index contributed by atoms with van der Waals surface area (Å²) in [6.45, 7) is 4.69. The minimum Gasteiger partial charge on any atom is -0.309 e. The summed E-state index contributed by atoms with van der Waals surface area (Å²) < 4.78 is 2.42. The summed E-state index contributed by atoms with van der Waals surface area (Å²) in [5, 5.41) is 2.30. The highest BCUT2D eigenvalue weighted by molar-refractivity contribution is 6.12. The molecule has 304 valence electrons. The highest BCUT2D eigenvalue weighted by atomic mass is 15.0. The molecule has 3 aromatic heterocycles. The second-order valence-electron chi connectivity index (χ2n) is 17.2. The summed E-state index contributed by atoms with van der Waals surface area (Å²) in [6, 6.07) is 62.1. The fourth-order valence-corrected chi connectivity index (χ4v) is 9.66. The first-order chi connectivity index (χ1) is 31.5.